The highest BCUT2D eigenvalue weighted by Gasteiger charge is 2.23. The van der Waals surface area contributed by atoms with Crippen molar-refractivity contribution >= 4 is 13.7 Å². The van der Waals surface area contributed by atoms with E-state index < -0.39 is 20.0 Å². The number of carbonyl (C=O) groups is 1. The smallest absolute Gasteiger partial charge is 0.268 e. The van der Waals surface area contributed by atoms with E-state index in [2.05, 4.69) is 19.2 Å². The average molecular weight is 619 g/mol. The second-order valence-corrected chi connectivity index (χ2v) is 14.3. The molecule has 0 aromatic heterocycles. The molecule has 8 nitrogen and oxygen atoms in total. The topological polar surface area (TPSA) is 108 Å². The Kier molecular flexibility index (Phi) is 26.1. The Hall–Kier alpha value is -0.760. The molecule has 0 saturated heterocycles. The summed E-state index contributed by atoms with van der Waals surface area (Å²) in [6.07, 6.45) is 25.4. The van der Waals surface area contributed by atoms with Crippen molar-refractivity contribution in [3.63, 3.8) is 0 Å². The summed E-state index contributed by atoms with van der Waals surface area (Å²) in [6.45, 7) is 4.58. The standard InChI is InChI=1S/C33H67N2O6P/c1-6-8-10-12-14-16-17-19-20-22-24-26-32(36)31(30-41-42(38,39)40-29-28-35(3,4)5)34-33(37)27-25-23-21-18-15-13-11-9-7-2/h24,26,31-32,36H,6-23,25,27-30H2,1-5H3,(H-,34,37,38,39)/b26-24+/t31-,32+/m0/s1. The van der Waals surface area contributed by atoms with Crippen molar-refractivity contribution < 1.29 is 32.9 Å². The van der Waals surface area contributed by atoms with Crippen LogP contribution in [0.1, 0.15) is 142 Å². The SMILES string of the molecule is CCCCCCCCCCC/C=C/[C@@H](O)[C@H](COP(=O)([O-])OCC[N+](C)(C)C)NC(=O)CCCCCCCCCCC. The van der Waals surface area contributed by atoms with Gasteiger partial charge in [0.2, 0.25) is 5.91 Å². The molecule has 0 aliphatic rings. The quantitative estimate of drug-likeness (QED) is 0.0375. The van der Waals surface area contributed by atoms with E-state index >= 15 is 0 Å². The number of aliphatic hydroxyl groups excluding tert-OH is 1. The number of phosphoric ester groups is 1. The van der Waals surface area contributed by atoms with Gasteiger partial charge in [0.25, 0.3) is 7.82 Å². The van der Waals surface area contributed by atoms with Crippen molar-refractivity contribution in [1.82, 2.24) is 5.32 Å². The van der Waals surface area contributed by atoms with Gasteiger partial charge in [0.15, 0.2) is 0 Å². The Morgan fingerprint density at radius 3 is 1.79 bits per heavy atom. The third kappa shape index (κ3) is 28.0. The van der Waals surface area contributed by atoms with Crippen LogP contribution < -0.4 is 10.2 Å². The molecule has 0 saturated carbocycles. The molecule has 0 aromatic carbocycles. The maximum atomic E-state index is 12.6. The van der Waals surface area contributed by atoms with Gasteiger partial charge in [0, 0.05) is 6.42 Å². The fourth-order valence-electron chi connectivity index (χ4n) is 4.68. The number of phosphoric acid groups is 1. The predicted molar refractivity (Wildman–Crippen MR) is 173 cm³/mol. The van der Waals surface area contributed by atoms with E-state index in [1.807, 2.05) is 27.2 Å². The van der Waals surface area contributed by atoms with Gasteiger partial charge in [-0.15, -0.1) is 0 Å². The molecule has 1 unspecified atom stereocenters. The zero-order chi connectivity index (χ0) is 31.5. The summed E-state index contributed by atoms with van der Waals surface area (Å²) in [7, 11) is 1.26. The summed E-state index contributed by atoms with van der Waals surface area (Å²) in [5, 5.41) is 13.6. The van der Waals surface area contributed by atoms with Gasteiger partial charge in [-0.1, -0.05) is 129 Å². The van der Waals surface area contributed by atoms with Crippen LogP contribution in [0.5, 0.6) is 0 Å². The van der Waals surface area contributed by atoms with Crippen molar-refractivity contribution in [2.45, 2.75) is 154 Å². The highest BCUT2D eigenvalue weighted by molar-refractivity contribution is 7.45. The number of quaternary nitrogens is 1. The molecule has 0 radical (unpaired) electrons. The number of carbonyl (C=O) groups excluding carboxylic acids is 1. The molecule has 0 spiro atoms. The molecular weight excluding hydrogens is 551 g/mol. The van der Waals surface area contributed by atoms with Crippen molar-refractivity contribution in [2.24, 2.45) is 0 Å². The average Bonchev–Trinajstić information content (AvgIpc) is 2.92. The van der Waals surface area contributed by atoms with Crippen LogP contribution in [0, 0.1) is 0 Å². The lowest BCUT2D eigenvalue weighted by atomic mass is 10.1. The summed E-state index contributed by atoms with van der Waals surface area (Å²) in [5.74, 6) is -0.204. The fraction of sp³-hybridized carbons (Fsp3) is 0.909. The largest absolute Gasteiger partial charge is 0.756 e. The van der Waals surface area contributed by atoms with Crippen LogP contribution in [0.25, 0.3) is 0 Å². The zero-order valence-electron chi connectivity index (χ0n) is 28.0. The molecule has 2 N–H and O–H groups in total. The predicted octanol–water partition coefficient (Wildman–Crippen LogP) is 7.44. The van der Waals surface area contributed by atoms with Gasteiger partial charge in [-0.2, -0.15) is 0 Å². The van der Waals surface area contributed by atoms with Gasteiger partial charge in [-0.05, 0) is 19.3 Å². The number of allylic oxidation sites excluding steroid dienone is 1. The van der Waals surface area contributed by atoms with Crippen LogP contribution in [-0.4, -0.2) is 68.5 Å². The summed E-state index contributed by atoms with van der Waals surface area (Å²) < 4.78 is 23.0. The number of amides is 1. The molecule has 0 rings (SSSR count). The minimum atomic E-state index is -4.56. The second-order valence-electron chi connectivity index (χ2n) is 12.9. The first-order valence-corrected chi connectivity index (χ1v) is 18.5. The molecule has 0 aliphatic heterocycles. The summed E-state index contributed by atoms with van der Waals surface area (Å²) in [5.41, 5.74) is 0. The molecule has 250 valence electrons. The van der Waals surface area contributed by atoms with Gasteiger partial charge in [-0.25, -0.2) is 0 Å². The molecule has 0 bridgehead atoms. The Balaban J connectivity index is 4.63. The molecule has 9 heteroatoms. The first-order chi connectivity index (χ1) is 20.0. The number of nitrogens with zero attached hydrogens (tertiary/aromatic N) is 1. The third-order valence-corrected chi connectivity index (χ3v) is 8.46. The fourth-order valence-corrected chi connectivity index (χ4v) is 5.40. The molecule has 3 atom stereocenters. The van der Waals surface area contributed by atoms with E-state index in [0.717, 1.165) is 38.5 Å². The van der Waals surface area contributed by atoms with E-state index in [1.54, 1.807) is 6.08 Å². The monoisotopic (exact) mass is 618 g/mol. The summed E-state index contributed by atoms with van der Waals surface area (Å²) >= 11 is 0. The first-order valence-electron chi connectivity index (χ1n) is 17.1. The first kappa shape index (κ1) is 41.2. The van der Waals surface area contributed by atoms with Crippen molar-refractivity contribution in [1.29, 1.82) is 0 Å². The zero-order valence-corrected chi connectivity index (χ0v) is 28.9. The molecule has 0 heterocycles. The minimum Gasteiger partial charge on any atom is -0.756 e. The summed E-state index contributed by atoms with van der Waals surface area (Å²) in [4.78, 5) is 25.0. The number of hydrogen-bond donors (Lipinski definition) is 2. The lowest BCUT2D eigenvalue weighted by Crippen LogP contribution is -2.45. The number of hydrogen-bond acceptors (Lipinski definition) is 6. The Bertz CT molecular complexity index is 713. The Morgan fingerprint density at radius 1 is 0.810 bits per heavy atom. The third-order valence-electron chi connectivity index (χ3n) is 7.50. The van der Waals surface area contributed by atoms with Gasteiger partial charge in [0.1, 0.15) is 13.2 Å². The minimum absolute atomic E-state index is 0.00110. The van der Waals surface area contributed by atoms with E-state index in [4.69, 9.17) is 9.05 Å². The van der Waals surface area contributed by atoms with Gasteiger partial charge >= 0.3 is 0 Å². The molecule has 0 fully saturated rings. The number of rotatable bonds is 30. The van der Waals surface area contributed by atoms with Crippen LogP contribution >= 0.6 is 7.82 Å². The van der Waals surface area contributed by atoms with E-state index in [0.29, 0.717) is 17.4 Å². The Labute approximate surface area is 259 Å². The maximum absolute atomic E-state index is 12.6. The highest BCUT2D eigenvalue weighted by Crippen LogP contribution is 2.38. The van der Waals surface area contributed by atoms with E-state index in [-0.39, 0.29) is 19.1 Å². The summed E-state index contributed by atoms with van der Waals surface area (Å²) in [6, 6.07) is -0.875. The number of nitrogens with one attached hydrogen (secondary N) is 1. The molecule has 0 aliphatic carbocycles. The van der Waals surface area contributed by atoms with Crippen LogP contribution in [0.4, 0.5) is 0 Å². The van der Waals surface area contributed by atoms with Gasteiger partial charge < -0.3 is 28.8 Å². The normalized spacial score (nSPS) is 15.1. The maximum Gasteiger partial charge on any atom is 0.268 e. The second kappa shape index (κ2) is 26.6. The lowest BCUT2D eigenvalue weighted by Gasteiger charge is -2.29. The van der Waals surface area contributed by atoms with E-state index in [1.165, 1.54) is 83.5 Å². The molecular formula is C33H67N2O6P. The molecule has 0 aromatic rings. The lowest BCUT2D eigenvalue weighted by molar-refractivity contribution is -0.870. The van der Waals surface area contributed by atoms with Crippen molar-refractivity contribution in [3.05, 3.63) is 12.2 Å². The Morgan fingerprint density at radius 2 is 1.29 bits per heavy atom. The van der Waals surface area contributed by atoms with Crippen molar-refractivity contribution in [3.8, 4) is 0 Å². The van der Waals surface area contributed by atoms with Gasteiger partial charge in [-0.3, -0.25) is 9.36 Å². The number of likely N-dealkylation sites (N-methyl/N-ethyl adjacent to an activating group) is 1. The van der Waals surface area contributed by atoms with Crippen molar-refractivity contribution in [2.75, 3.05) is 40.9 Å². The molecule has 1 amide bonds. The van der Waals surface area contributed by atoms with Crippen LogP contribution in [0.3, 0.4) is 0 Å². The van der Waals surface area contributed by atoms with Gasteiger partial charge in [0.05, 0.1) is 39.9 Å². The van der Waals surface area contributed by atoms with E-state index in [9.17, 15) is 19.4 Å². The number of unbranched alkanes of at least 4 members (excludes halogenated alkanes) is 17. The highest BCUT2D eigenvalue weighted by atomic mass is 31.2. The number of aliphatic hydroxyl groups is 1. The van der Waals surface area contributed by atoms with Crippen LogP contribution in [0.2, 0.25) is 0 Å². The van der Waals surface area contributed by atoms with Crippen LogP contribution in [0.15, 0.2) is 12.2 Å². The van der Waals surface area contributed by atoms with Crippen LogP contribution in [-0.2, 0) is 18.4 Å². The molecule has 42 heavy (non-hydrogen) atoms.